The van der Waals surface area contributed by atoms with Crippen LogP contribution < -0.4 is 5.32 Å². The Morgan fingerprint density at radius 3 is 2.47 bits per heavy atom. The Bertz CT molecular complexity index is 383. The molecule has 0 saturated carbocycles. The molecule has 1 fully saturated rings. The van der Waals surface area contributed by atoms with Crippen LogP contribution in [0.4, 0.5) is 0 Å². The molecule has 3 nitrogen and oxygen atoms in total. The number of hydrogen-bond acceptors (Lipinski definition) is 3. The van der Waals surface area contributed by atoms with Crippen molar-refractivity contribution in [3.8, 4) is 0 Å². The van der Waals surface area contributed by atoms with Crippen LogP contribution in [0.2, 0.25) is 0 Å². The van der Waals surface area contributed by atoms with Crippen LogP contribution in [0.3, 0.4) is 0 Å². The average molecular weight is 261 g/mol. The van der Waals surface area contributed by atoms with Gasteiger partial charge in [-0.15, -0.1) is 0 Å². The first-order valence-corrected chi connectivity index (χ1v) is 7.35. The van der Waals surface area contributed by atoms with Gasteiger partial charge in [0.1, 0.15) is 0 Å². The largest absolute Gasteiger partial charge is 0.310 e. The van der Waals surface area contributed by atoms with Crippen LogP contribution in [-0.2, 0) is 6.54 Å². The zero-order chi connectivity index (χ0) is 13.9. The third-order valence-corrected chi connectivity index (χ3v) is 4.01. The monoisotopic (exact) mass is 261 g/mol. The van der Waals surface area contributed by atoms with Crippen molar-refractivity contribution in [3.05, 3.63) is 29.6 Å². The maximum absolute atomic E-state index is 4.34. The maximum Gasteiger partial charge on any atom is 0.0372 e. The molecule has 3 heteroatoms. The first kappa shape index (κ1) is 14.5. The lowest BCUT2D eigenvalue weighted by atomic mass is 9.98. The van der Waals surface area contributed by atoms with Gasteiger partial charge in [0.05, 0.1) is 0 Å². The molecular formula is C16H27N3. The molecule has 0 spiro atoms. The fraction of sp³-hybridized carbons (Fsp3) is 0.688. The molecule has 0 aromatic carbocycles. The van der Waals surface area contributed by atoms with E-state index >= 15 is 0 Å². The Morgan fingerprint density at radius 2 is 1.95 bits per heavy atom. The summed E-state index contributed by atoms with van der Waals surface area (Å²) in [5.41, 5.74) is 2.68. The standard InChI is InChI=1S/C16H27N3/c1-13-5-6-14(11-17-13)12-18-15-7-9-19(10-8-15)16(2,3)4/h5-6,11,15,18H,7-10,12H2,1-4H3. The summed E-state index contributed by atoms with van der Waals surface area (Å²) >= 11 is 0. The highest BCUT2D eigenvalue weighted by Crippen LogP contribution is 2.20. The molecule has 0 radical (unpaired) electrons. The minimum atomic E-state index is 0.311. The first-order chi connectivity index (χ1) is 8.95. The molecule has 106 valence electrons. The second-order valence-corrected chi connectivity index (χ2v) is 6.62. The van der Waals surface area contributed by atoms with E-state index in [4.69, 9.17) is 0 Å². The SMILES string of the molecule is Cc1ccc(CNC2CCN(C(C)(C)C)CC2)cn1. The Balaban J connectivity index is 1.75. The van der Waals surface area contributed by atoms with E-state index < -0.39 is 0 Å². The van der Waals surface area contributed by atoms with Gasteiger partial charge in [-0.05, 0) is 52.2 Å². The molecule has 0 bridgehead atoms. The molecule has 1 aromatic rings. The Kier molecular flexibility index (Phi) is 4.58. The fourth-order valence-electron chi connectivity index (χ4n) is 2.62. The summed E-state index contributed by atoms with van der Waals surface area (Å²) in [5.74, 6) is 0. The zero-order valence-electron chi connectivity index (χ0n) is 12.7. The van der Waals surface area contributed by atoms with Crippen molar-refractivity contribution in [1.82, 2.24) is 15.2 Å². The summed E-state index contributed by atoms with van der Waals surface area (Å²) in [6.07, 6.45) is 4.47. The highest BCUT2D eigenvalue weighted by atomic mass is 15.2. The number of hydrogen-bond donors (Lipinski definition) is 1. The van der Waals surface area contributed by atoms with E-state index in [1.54, 1.807) is 0 Å². The van der Waals surface area contributed by atoms with E-state index in [0.717, 1.165) is 12.2 Å². The first-order valence-electron chi connectivity index (χ1n) is 7.35. The number of pyridine rings is 1. The Labute approximate surface area is 117 Å². The topological polar surface area (TPSA) is 28.2 Å². The van der Waals surface area contributed by atoms with Gasteiger partial charge < -0.3 is 5.32 Å². The second-order valence-electron chi connectivity index (χ2n) is 6.62. The summed E-state index contributed by atoms with van der Waals surface area (Å²) in [6, 6.07) is 4.90. The molecule has 1 aromatic heterocycles. The molecule has 2 rings (SSSR count). The molecule has 1 aliphatic rings. The van der Waals surface area contributed by atoms with E-state index in [-0.39, 0.29) is 0 Å². The zero-order valence-corrected chi connectivity index (χ0v) is 12.7. The third kappa shape index (κ3) is 4.29. The number of rotatable bonds is 3. The number of nitrogens with one attached hydrogen (secondary N) is 1. The maximum atomic E-state index is 4.34. The normalized spacial score (nSPS) is 18.7. The van der Waals surface area contributed by atoms with Gasteiger partial charge in [-0.3, -0.25) is 9.88 Å². The van der Waals surface area contributed by atoms with E-state index in [1.807, 2.05) is 13.1 Å². The highest BCUT2D eigenvalue weighted by molar-refractivity contribution is 5.12. The molecule has 0 unspecified atom stereocenters. The van der Waals surface area contributed by atoms with Crippen molar-refractivity contribution < 1.29 is 0 Å². The van der Waals surface area contributed by atoms with Crippen LogP contribution in [0.15, 0.2) is 18.3 Å². The van der Waals surface area contributed by atoms with Crippen LogP contribution in [0, 0.1) is 6.92 Å². The van der Waals surface area contributed by atoms with Gasteiger partial charge in [0.25, 0.3) is 0 Å². The number of nitrogens with zero attached hydrogens (tertiary/aromatic N) is 2. The van der Waals surface area contributed by atoms with Gasteiger partial charge in [0, 0.05) is 43.1 Å². The van der Waals surface area contributed by atoms with Gasteiger partial charge in [0.2, 0.25) is 0 Å². The molecule has 1 N–H and O–H groups in total. The molecule has 2 heterocycles. The number of likely N-dealkylation sites (tertiary alicyclic amines) is 1. The van der Waals surface area contributed by atoms with Crippen LogP contribution in [0.25, 0.3) is 0 Å². The number of aryl methyl sites for hydroxylation is 1. The fourth-order valence-corrected chi connectivity index (χ4v) is 2.62. The quantitative estimate of drug-likeness (QED) is 0.907. The van der Waals surface area contributed by atoms with Gasteiger partial charge in [-0.25, -0.2) is 0 Å². The second kappa shape index (κ2) is 6.02. The number of piperidine rings is 1. The predicted molar refractivity (Wildman–Crippen MR) is 80.2 cm³/mol. The van der Waals surface area contributed by atoms with Gasteiger partial charge in [-0.2, -0.15) is 0 Å². The molecular weight excluding hydrogens is 234 g/mol. The van der Waals surface area contributed by atoms with Crippen LogP contribution in [0.1, 0.15) is 44.9 Å². The van der Waals surface area contributed by atoms with Gasteiger partial charge in [0.15, 0.2) is 0 Å². The Morgan fingerprint density at radius 1 is 1.26 bits per heavy atom. The molecule has 1 aliphatic heterocycles. The van der Waals surface area contributed by atoms with Crippen LogP contribution >= 0.6 is 0 Å². The molecule has 0 atom stereocenters. The molecule has 0 amide bonds. The van der Waals surface area contributed by atoms with Crippen LogP contribution in [-0.4, -0.2) is 34.6 Å². The molecule has 0 aliphatic carbocycles. The predicted octanol–water partition coefficient (Wildman–Crippen LogP) is 2.74. The summed E-state index contributed by atoms with van der Waals surface area (Å²) in [6.45, 7) is 12.3. The van der Waals surface area contributed by atoms with Gasteiger partial charge in [-0.1, -0.05) is 6.07 Å². The highest BCUT2D eigenvalue weighted by Gasteiger charge is 2.26. The van der Waals surface area contributed by atoms with E-state index in [2.05, 4.69) is 48.1 Å². The van der Waals surface area contributed by atoms with Crippen molar-refractivity contribution in [2.45, 2.75) is 58.7 Å². The minimum Gasteiger partial charge on any atom is -0.310 e. The third-order valence-electron chi connectivity index (χ3n) is 4.01. The summed E-state index contributed by atoms with van der Waals surface area (Å²) in [4.78, 5) is 6.92. The molecule has 19 heavy (non-hydrogen) atoms. The van der Waals surface area contributed by atoms with Crippen molar-refractivity contribution in [1.29, 1.82) is 0 Å². The van der Waals surface area contributed by atoms with E-state index in [0.29, 0.717) is 11.6 Å². The number of aromatic nitrogens is 1. The summed E-state index contributed by atoms with van der Waals surface area (Å²) in [7, 11) is 0. The summed E-state index contributed by atoms with van der Waals surface area (Å²) < 4.78 is 0. The summed E-state index contributed by atoms with van der Waals surface area (Å²) in [5, 5.41) is 3.66. The van der Waals surface area contributed by atoms with Crippen molar-refractivity contribution in [3.63, 3.8) is 0 Å². The van der Waals surface area contributed by atoms with E-state index in [9.17, 15) is 0 Å². The van der Waals surface area contributed by atoms with Crippen molar-refractivity contribution >= 4 is 0 Å². The van der Waals surface area contributed by atoms with E-state index in [1.165, 1.54) is 31.5 Å². The van der Waals surface area contributed by atoms with Crippen molar-refractivity contribution in [2.75, 3.05) is 13.1 Å². The lowest BCUT2D eigenvalue weighted by Gasteiger charge is -2.41. The Hall–Kier alpha value is -0.930. The smallest absolute Gasteiger partial charge is 0.0372 e. The average Bonchev–Trinajstić information content (AvgIpc) is 2.37. The van der Waals surface area contributed by atoms with Gasteiger partial charge >= 0.3 is 0 Å². The van der Waals surface area contributed by atoms with Crippen LogP contribution in [0.5, 0.6) is 0 Å². The van der Waals surface area contributed by atoms with Crippen molar-refractivity contribution in [2.24, 2.45) is 0 Å². The lowest BCUT2D eigenvalue weighted by Crippen LogP contribution is -2.49. The molecule has 1 saturated heterocycles. The minimum absolute atomic E-state index is 0.311. The lowest BCUT2D eigenvalue weighted by molar-refractivity contribution is 0.0960.